The van der Waals surface area contributed by atoms with Crippen molar-refractivity contribution in [2.24, 2.45) is 11.7 Å². The number of aromatic nitrogens is 3. The Morgan fingerprint density at radius 2 is 1.88 bits per heavy atom. The van der Waals surface area contributed by atoms with Crippen LogP contribution >= 0.6 is 0 Å². The molecule has 3 N–H and O–H groups in total. The molecule has 0 saturated carbocycles. The molecule has 6 rings (SSSR count). The number of hydrogen-bond acceptors (Lipinski definition) is 9. The lowest BCUT2D eigenvalue weighted by Crippen LogP contribution is -2.46. The first-order chi connectivity index (χ1) is 19.8. The smallest absolute Gasteiger partial charge is 0.321 e. The highest BCUT2D eigenvalue weighted by Gasteiger charge is 2.35. The standard InChI is InChI=1S/C30H29N5O6/c31-26(37)13-23(19-4-1-5-21(11-19)41-30-32-8-3-9-33-30)29-28(39)25(36)12-22(40-29)17-34-14-18-10-20(16-34)24-6-2-7-27(38)35(24)15-18/h1-9,11-12,18,20,23,39H,10,13-17H2,(H2,31,37)/t18-,20+,23?/m1/s1. The minimum absolute atomic E-state index is 0.0195. The summed E-state index contributed by atoms with van der Waals surface area (Å²) in [5, 5.41) is 10.8. The zero-order valence-electron chi connectivity index (χ0n) is 22.2. The molecule has 2 bridgehead atoms. The summed E-state index contributed by atoms with van der Waals surface area (Å²) in [6.07, 6.45) is 3.89. The zero-order chi connectivity index (χ0) is 28.5. The number of primary amides is 1. The largest absolute Gasteiger partial charge is 0.502 e. The summed E-state index contributed by atoms with van der Waals surface area (Å²) in [6, 6.07) is 15.3. The van der Waals surface area contributed by atoms with E-state index in [1.165, 1.54) is 6.07 Å². The van der Waals surface area contributed by atoms with E-state index in [1.807, 2.05) is 10.6 Å². The van der Waals surface area contributed by atoms with E-state index < -0.39 is 23.0 Å². The van der Waals surface area contributed by atoms with E-state index in [0.29, 0.717) is 42.6 Å². The molecule has 0 aliphatic carbocycles. The van der Waals surface area contributed by atoms with Crippen molar-refractivity contribution < 1.29 is 19.1 Å². The fourth-order valence-electron chi connectivity index (χ4n) is 6.02. The Morgan fingerprint density at radius 1 is 1.07 bits per heavy atom. The number of piperidine rings is 1. The third-order valence-electron chi connectivity index (χ3n) is 7.67. The minimum atomic E-state index is -0.833. The Bertz CT molecular complexity index is 1700. The molecule has 4 aromatic rings. The van der Waals surface area contributed by atoms with E-state index in [0.717, 1.165) is 18.7 Å². The fraction of sp³-hybridized carbons (Fsp3) is 0.300. The molecule has 3 atom stereocenters. The summed E-state index contributed by atoms with van der Waals surface area (Å²) in [5.74, 6) is -0.803. The molecule has 11 nitrogen and oxygen atoms in total. The van der Waals surface area contributed by atoms with Crippen molar-refractivity contribution in [1.82, 2.24) is 19.4 Å². The molecule has 2 aliphatic heterocycles. The maximum absolute atomic E-state index is 12.9. The molecule has 1 saturated heterocycles. The Kier molecular flexibility index (Phi) is 7.10. The minimum Gasteiger partial charge on any atom is -0.502 e. The van der Waals surface area contributed by atoms with Gasteiger partial charge >= 0.3 is 6.01 Å². The van der Waals surface area contributed by atoms with Crippen LogP contribution in [0.1, 0.15) is 47.5 Å². The summed E-state index contributed by atoms with van der Waals surface area (Å²) in [6.45, 7) is 2.43. The lowest BCUT2D eigenvalue weighted by Gasteiger charge is -2.42. The van der Waals surface area contributed by atoms with E-state index >= 15 is 0 Å². The van der Waals surface area contributed by atoms with Crippen molar-refractivity contribution in [2.75, 3.05) is 13.1 Å². The third kappa shape index (κ3) is 5.62. The normalized spacial score (nSPS) is 18.8. The number of pyridine rings is 1. The SMILES string of the molecule is NC(=O)CC(c1cccc(Oc2ncccn2)c1)c1oc(CN2C[C@H]3C[C@@H](C2)c2cccc(=O)n2C3)cc(=O)c1O. The van der Waals surface area contributed by atoms with Gasteiger partial charge in [-0.15, -0.1) is 0 Å². The highest BCUT2D eigenvalue weighted by molar-refractivity contribution is 5.75. The van der Waals surface area contributed by atoms with Crippen molar-refractivity contribution in [3.05, 3.63) is 110 Å². The Hall–Kier alpha value is -4.77. The number of likely N-dealkylation sites (tertiary alicyclic amines) is 1. The summed E-state index contributed by atoms with van der Waals surface area (Å²) in [7, 11) is 0. The van der Waals surface area contributed by atoms with Crippen molar-refractivity contribution in [2.45, 2.75) is 37.8 Å². The number of hydrogen-bond donors (Lipinski definition) is 2. The van der Waals surface area contributed by atoms with Gasteiger partial charge in [0.1, 0.15) is 11.5 Å². The van der Waals surface area contributed by atoms with Gasteiger partial charge in [0.15, 0.2) is 5.76 Å². The van der Waals surface area contributed by atoms with Gasteiger partial charge in [-0.05, 0) is 42.2 Å². The van der Waals surface area contributed by atoms with Gasteiger partial charge in [0.2, 0.25) is 17.1 Å². The van der Waals surface area contributed by atoms with E-state index in [4.69, 9.17) is 14.9 Å². The predicted molar refractivity (Wildman–Crippen MR) is 148 cm³/mol. The van der Waals surface area contributed by atoms with Gasteiger partial charge < -0.3 is 24.6 Å². The van der Waals surface area contributed by atoms with Crippen LogP contribution in [0.15, 0.2) is 81.0 Å². The summed E-state index contributed by atoms with van der Waals surface area (Å²) < 4.78 is 13.8. The highest BCUT2D eigenvalue weighted by Crippen LogP contribution is 2.37. The van der Waals surface area contributed by atoms with Crippen LogP contribution in [0, 0.1) is 5.92 Å². The van der Waals surface area contributed by atoms with Gasteiger partial charge in [-0.3, -0.25) is 19.3 Å². The molecule has 1 fully saturated rings. The second kappa shape index (κ2) is 11.0. The average Bonchev–Trinajstić information content (AvgIpc) is 2.95. The fourth-order valence-corrected chi connectivity index (χ4v) is 6.02. The average molecular weight is 556 g/mol. The van der Waals surface area contributed by atoms with E-state index in [1.54, 1.807) is 54.9 Å². The number of benzene rings is 1. The van der Waals surface area contributed by atoms with E-state index in [9.17, 15) is 19.5 Å². The molecule has 11 heteroatoms. The van der Waals surface area contributed by atoms with Crippen LogP contribution in [0.4, 0.5) is 0 Å². The number of nitrogens with two attached hydrogens (primary N) is 1. The van der Waals surface area contributed by atoms with Crippen LogP contribution in [0.25, 0.3) is 0 Å². The number of carbonyl (C=O) groups excluding carboxylic acids is 1. The summed E-state index contributed by atoms with van der Waals surface area (Å²) >= 11 is 0. The number of aromatic hydroxyl groups is 1. The Morgan fingerprint density at radius 3 is 2.68 bits per heavy atom. The molecule has 0 spiro atoms. The number of nitrogens with zero attached hydrogens (tertiary/aromatic N) is 4. The molecule has 1 aromatic carbocycles. The van der Waals surface area contributed by atoms with Gasteiger partial charge in [-0.25, -0.2) is 9.97 Å². The molecule has 41 heavy (non-hydrogen) atoms. The second-order valence-corrected chi connectivity index (χ2v) is 10.6. The molecule has 2 aliphatic rings. The summed E-state index contributed by atoms with van der Waals surface area (Å²) in [4.78, 5) is 47.7. The van der Waals surface area contributed by atoms with E-state index in [-0.39, 0.29) is 29.7 Å². The number of rotatable bonds is 8. The van der Waals surface area contributed by atoms with Crippen LogP contribution in [-0.2, 0) is 17.9 Å². The molecular formula is C30H29N5O6. The third-order valence-corrected chi connectivity index (χ3v) is 7.67. The molecule has 5 heterocycles. The van der Waals surface area contributed by atoms with Crippen molar-refractivity contribution in [1.29, 1.82) is 0 Å². The van der Waals surface area contributed by atoms with Crippen LogP contribution in [0.5, 0.6) is 17.5 Å². The van der Waals surface area contributed by atoms with Crippen molar-refractivity contribution >= 4 is 5.91 Å². The maximum Gasteiger partial charge on any atom is 0.321 e. The number of fused-ring (bicyclic) bond motifs is 4. The molecule has 0 radical (unpaired) electrons. The second-order valence-electron chi connectivity index (χ2n) is 10.6. The number of carbonyl (C=O) groups is 1. The predicted octanol–water partition coefficient (Wildman–Crippen LogP) is 2.72. The molecule has 210 valence electrons. The van der Waals surface area contributed by atoms with E-state index in [2.05, 4.69) is 14.9 Å². The number of ether oxygens (including phenoxy) is 1. The van der Waals surface area contributed by atoms with Gasteiger partial charge in [-0.1, -0.05) is 18.2 Å². The van der Waals surface area contributed by atoms with Crippen LogP contribution in [0.2, 0.25) is 0 Å². The Balaban J connectivity index is 1.29. The van der Waals surface area contributed by atoms with Crippen LogP contribution in [-0.4, -0.2) is 43.5 Å². The van der Waals surface area contributed by atoms with Gasteiger partial charge in [-0.2, -0.15) is 0 Å². The quantitative estimate of drug-likeness (QED) is 0.334. The summed E-state index contributed by atoms with van der Waals surface area (Å²) in [5.41, 5.74) is 6.58. The highest BCUT2D eigenvalue weighted by atomic mass is 16.5. The lowest BCUT2D eigenvalue weighted by atomic mass is 9.83. The molecule has 1 amide bonds. The first kappa shape index (κ1) is 26.5. The molecule has 1 unspecified atom stereocenters. The van der Waals surface area contributed by atoms with Crippen molar-refractivity contribution in [3.63, 3.8) is 0 Å². The van der Waals surface area contributed by atoms with Gasteiger partial charge in [0.25, 0.3) is 5.56 Å². The van der Waals surface area contributed by atoms with Crippen LogP contribution in [0.3, 0.4) is 0 Å². The monoisotopic (exact) mass is 555 g/mol. The number of amides is 1. The molecule has 3 aromatic heterocycles. The van der Waals surface area contributed by atoms with Crippen LogP contribution < -0.4 is 21.5 Å². The topological polar surface area (TPSA) is 154 Å². The van der Waals surface area contributed by atoms with Gasteiger partial charge in [0.05, 0.1) is 12.5 Å². The lowest BCUT2D eigenvalue weighted by molar-refractivity contribution is -0.118. The zero-order valence-corrected chi connectivity index (χ0v) is 22.2. The first-order valence-corrected chi connectivity index (χ1v) is 13.4. The molecular weight excluding hydrogens is 526 g/mol. The first-order valence-electron chi connectivity index (χ1n) is 13.4. The van der Waals surface area contributed by atoms with Gasteiger partial charge in [0, 0.05) is 62.2 Å². The van der Waals surface area contributed by atoms with Crippen molar-refractivity contribution in [3.8, 4) is 17.5 Å². The maximum atomic E-state index is 12.9. The Labute approximate surface area is 234 Å².